The lowest BCUT2D eigenvalue weighted by Gasteiger charge is -2.14. The van der Waals surface area contributed by atoms with Crippen molar-refractivity contribution in [2.24, 2.45) is 0 Å². The summed E-state index contributed by atoms with van der Waals surface area (Å²) in [5, 5.41) is 3.92. The molecule has 0 fully saturated rings. The van der Waals surface area contributed by atoms with Crippen LogP contribution in [0.3, 0.4) is 0 Å². The second kappa shape index (κ2) is 6.95. The van der Waals surface area contributed by atoms with Crippen LogP contribution in [0.2, 0.25) is 0 Å². The Hall–Kier alpha value is -0.730. The Bertz CT molecular complexity index is 126. The SMILES string of the molecule is CCCC[N]C(=O)N(C)CCC. The molecule has 0 aliphatic carbocycles. The zero-order chi connectivity index (χ0) is 9.40. The highest BCUT2D eigenvalue weighted by Gasteiger charge is 2.06. The molecule has 1 radical (unpaired) electrons. The summed E-state index contributed by atoms with van der Waals surface area (Å²) in [4.78, 5) is 12.8. The van der Waals surface area contributed by atoms with Gasteiger partial charge in [-0.1, -0.05) is 20.3 Å². The van der Waals surface area contributed by atoms with Crippen LogP contribution >= 0.6 is 0 Å². The molecule has 2 amide bonds. The zero-order valence-electron chi connectivity index (χ0n) is 8.34. The van der Waals surface area contributed by atoms with E-state index in [0.717, 1.165) is 25.8 Å². The van der Waals surface area contributed by atoms with E-state index in [1.165, 1.54) is 0 Å². The molecule has 0 unspecified atom stereocenters. The van der Waals surface area contributed by atoms with E-state index in [1.807, 2.05) is 0 Å². The van der Waals surface area contributed by atoms with Crippen LogP contribution in [0.1, 0.15) is 33.1 Å². The number of hydrogen-bond acceptors (Lipinski definition) is 1. The Labute approximate surface area is 75.1 Å². The number of urea groups is 1. The molecule has 0 aliphatic heterocycles. The maximum Gasteiger partial charge on any atom is 0.338 e. The molecule has 71 valence electrons. The van der Waals surface area contributed by atoms with Crippen molar-refractivity contribution < 1.29 is 4.79 Å². The maximum atomic E-state index is 11.2. The first-order valence-electron chi connectivity index (χ1n) is 4.65. The van der Waals surface area contributed by atoms with Gasteiger partial charge >= 0.3 is 6.03 Å². The predicted octanol–water partition coefficient (Wildman–Crippen LogP) is 1.85. The van der Waals surface area contributed by atoms with Gasteiger partial charge < -0.3 is 4.90 Å². The van der Waals surface area contributed by atoms with E-state index in [0.29, 0.717) is 6.54 Å². The topological polar surface area (TPSA) is 34.4 Å². The average Bonchev–Trinajstić information content (AvgIpc) is 2.05. The molecule has 0 aromatic heterocycles. The Morgan fingerprint density at radius 1 is 1.33 bits per heavy atom. The molecule has 0 atom stereocenters. The van der Waals surface area contributed by atoms with Crippen molar-refractivity contribution in [2.75, 3.05) is 20.1 Å². The van der Waals surface area contributed by atoms with Gasteiger partial charge in [-0.15, -0.1) is 0 Å². The van der Waals surface area contributed by atoms with Crippen molar-refractivity contribution in [1.29, 1.82) is 0 Å². The third-order valence-electron chi connectivity index (χ3n) is 1.64. The highest BCUT2D eigenvalue weighted by Crippen LogP contribution is 1.90. The summed E-state index contributed by atoms with van der Waals surface area (Å²) in [7, 11) is 1.79. The molecular formula is C9H19N2O. The second-order valence-electron chi connectivity index (χ2n) is 2.94. The van der Waals surface area contributed by atoms with Crippen LogP contribution in [0.25, 0.3) is 0 Å². The number of carbonyl (C=O) groups excluding carboxylic acids is 1. The van der Waals surface area contributed by atoms with Gasteiger partial charge in [0.25, 0.3) is 0 Å². The third kappa shape index (κ3) is 4.99. The lowest BCUT2D eigenvalue weighted by atomic mass is 10.3. The van der Waals surface area contributed by atoms with Crippen molar-refractivity contribution >= 4 is 6.03 Å². The Kier molecular flexibility index (Phi) is 6.53. The third-order valence-corrected chi connectivity index (χ3v) is 1.64. The van der Waals surface area contributed by atoms with E-state index in [2.05, 4.69) is 19.2 Å². The fourth-order valence-corrected chi connectivity index (χ4v) is 0.885. The van der Waals surface area contributed by atoms with Gasteiger partial charge in [0.15, 0.2) is 0 Å². The number of rotatable bonds is 5. The maximum absolute atomic E-state index is 11.2. The van der Waals surface area contributed by atoms with Gasteiger partial charge in [-0.3, -0.25) is 0 Å². The monoisotopic (exact) mass is 171 g/mol. The first-order chi connectivity index (χ1) is 5.72. The molecular weight excluding hydrogens is 152 g/mol. The second-order valence-corrected chi connectivity index (χ2v) is 2.94. The van der Waals surface area contributed by atoms with E-state index in [9.17, 15) is 4.79 Å². The lowest BCUT2D eigenvalue weighted by Crippen LogP contribution is -2.33. The van der Waals surface area contributed by atoms with Gasteiger partial charge in [0.1, 0.15) is 0 Å². The molecule has 0 spiro atoms. The zero-order valence-corrected chi connectivity index (χ0v) is 8.34. The minimum Gasteiger partial charge on any atom is -0.326 e. The standard InChI is InChI=1S/C9H19N2O/c1-4-6-7-10-9(12)11(3)8-5-2/h4-8H2,1-3H3. The van der Waals surface area contributed by atoms with Crippen LogP contribution in [-0.2, 0) is 0 Å². The summed E-state index contributed by atoms with van der Waals surface area (Å²) in [5.74, 6) is 0. The van der Waals surface area contributed by atoms with Crippen LogP contribution in [0.15, 0.2) is 0 Å². The van der Waals surface area contributed by atoms with E-state index < -0.39 is 0 Å². The van der Waals surface area contributed by atoms with Gasteiger partial charge in [-0.25, -0.2) is 10.1 Å². The number of hydrogen-bond donors (Lipinski definition) is 0. The Morgan fingerprint density at radius 3 is 2.50 bits per heavy atom. The summed E-state index contributed by atoms with van der Waals surface area (Å²) < 4.78 is 0. The van der Waals surface area contributed by atoms with Gasteiger partial charge in [0.05, 0.1) is 0 Å². The van der Waals surface area contributed by atoms with E-state index in [1.54, 1.807) is 11.9 Å². The van der Waals surface area contributed by atoms with Gasteiger partial charge in [0, 0.05) is 20.1 Å². The van der Waals surface area contributed by atoms with E-state index in [4.69, 9.17) is 0 Å². The summed E-state index contributed by atoms with van der Waals surface area (Å²) >= 11 is 0. The first-order valence-corrected chi connectivity index (χ1v) is 4.65. The minimum atomic E-state index is -0.0784. The van der Waals surface area contributed by atoms with Crippen molar-refractivity contribution in [2.45, 2.75) is 33.1 Å². The molecule has 12 heavy (non-hydrogen) atoms. The molecule has 0 rings (SSSR count). The molecule has 0 heterocycles. The van der Waals surface area contributed by atoms with Gasteiger partial charge in [-0.2, -0.15) is 0 Å². The lowest BCUT2D eigenvalue weighted by molar-refractivity contribution is 0.208. The quantitative estimate of drug-likeness (QED) is 0.581. The van der Waals surface area contributed by atoms with Crippen molar-refractivity contribution in [3.63, 3.8) is 0 Å². The van der Waals surface area contributed by atoms with Gasteiger partial charge in [-0.05, 0) is 12.8 Å². The smallest absolute Gasteiger partial charge is 0.326 e. The minimum absolute atomic E-state index is 0.0784. The Morgan fingerprint density at radius 2 is 2.00 bits per heavy atom. The summed E-state index contributed by atoms with van der Waals surface area (Å²) in [5.41, 5.74) is 0. The summed E-state index contributed by atoms with van der Waals surface area (Å²) in [6, 6.07) is -0.0784. The highest BCUT2D eigenvalue weighted by atomic mass is 16.2. The molecule has 0 aliphatic rings. The first kappa shape index (κ1) is 11.3. The molecule has 0 saturated carbocycles. The van der Waals surface area contributed by atoms with Gasteiger partial charge in [0.2, 0.25) is 0 Å². The molecule has 0 aromatic rings. The number of nitrogens with zero attached hydrogens (tertiary/aromatic N) is 2. The molecule has 3 nitrogen and oxygen atoms in total. The van der Waals surface area contributed by atoms with Crippen molar-refractivity contribution in [1.82, 2.24) is 10.2 Å². The molecule has 0 aromatic carbocycles. The van der Waals surface area contributed by atoms with Crippen LogP contribution in [0.5, 0.6) is 0 Å². The van der Waals surface area contributed by atoms with Crippen LogP contribution in [-0.4, -0.2) is 31.1 Å². The highest BCUT2D eigenvalue weighted by molar-refractivity contribution is 5.73. The van der Waals surface area contributed by atoms with Crippen molar-refractivity contribution in [3.8, 4) is 0 Å². The largest absolute Gasteiger partial charge is 0.338 e. The average molecular weight is 171 g/mol. The van der Waals surface area contributed by atoms with Crippen LogP contribution < -0.4 is 5.32 Å². The molecule has 0 saturated heterocycles. The van der Waals surface area contributed by atoms with E-state index >= 15 is 0 Å². The van der Waals surface area contributed by atoms with Crippen LogP contribution in [0, 0.1) is 0 Å². The normalized spacial score (nSPS) is 9.58. The van der Waals surface area contributed by atoms with Crippen molar-refractivity contribution in [3.05, 3.63) is 0 Å². The number of carbonyl (C=O) groups is 1. The number of amides is 2. The molecule has 0 N–H and O–H groups in total. The fourth-order valence-electron chi connectivity index (χ4n) is 0.885. The van der Waals surface area contributed by atoms with Crippen LogP contribution in [0.4, 0.5) is 4.79 Å². The summed E-state index contributed by atoms with van der Waals surface area (Å²) in [6.45, 7) is 5.61. The summed E-state index contributed by atoms with van der Waals surface area (Å²) in [6.07, 6.45) is 3.09. The molecule has 3 heteroatoms. The Balaban J connectivity index is 3.43. The van der Waals surface area contributed by atoms with E-state index in [-0.39, 0.29) is 6.03 Å². The fraction of sp³-hybridized carbons (Fsp3) is 0.889. The predicted molar refractivity (Wildman–Crippen MR) is 50.2 cm³/mol. The number of unbranched alkanes of at least 4 members (excludes halogenated alkanes) is 1. The molecule has 0 bridgehead atoms.